The standard InChI is InChI=1S/C24H24BrClN4O4/c1-2-33-24(32)17-6-7-20(19(26)13-17)27-23(31)15-8-10-30(11-9-15)14-21-28-22(29-34-21)16-4-3-5-18(25)12-16/h3-7,12-13,15H,2,8-11,14H2,1H3,(H,27,31). The molecule has 3 aromatic rings. The van der Waals surface area contributed by atoms with Crippen molar-refractivity contribution < 1.29 is 18.8 Å². The van der Waals surface area contributed by atoms with Gasteiger partial charge in [0.25, 0.3) is 0 Å². The average molecular weight is 548 g/mol. The molecule has 1 aromatic heterocycles. The Morgan fingerprint density at radius 1 is 1.24 bits per heavy atom. The van der Waals surface area contributed by atoms with E-state index < -0.39 is 5.97 Å². The molecule has 0 aliphatic carbocycles. The third kappa shape index (κ3) is 6.02. The van der Waals surface area contributed by atoms with Crippen LogP contribution in [0.2, 0.25) is 5.02 Å². The van der Waals surface area contributed by atoms with Crippen molar-refractivity contribution in [2.75, 3.05) is 25.0 Å². The van der Waals surface area contributed by atoms with E-state index in [4.69, 9.17) is 20.9 Å². The molecule has 2 heterocycles. The van der Waals surface area contributed by atoms with Crippen LogP contribution in [0.1, 0.15) is 36.0 Å². The molecule has 1 fully saturated rings. The van der Waals surface area contributed by atoms with Crippen molar-refractivity contribution in [3.63, 3.8) is 0 Å². The minimum atomic E-state index is -0.445. The summed E-state index contributed by atoms with van der Waals surface area (Å²) >= 11 is 9.72. The number of benzene rings is 2. The molecule has 0 spiro atoms. The summed E-state index contributed by atoms with van der Waals surface area (Å²) in [7, 11) is 0. The second kappa shape index (κ2) is 11.1. The van der Waals surface area contributed by atoms with Crippen LogP contribution in [-0.4, -0.2) is 46.6 Å². The van der Waals surface area contributed by atoms with Crippen LogP contribution in [0.15, 0.2) is 51.5 Å². The number of halogens is 2. The minimum Gasteiger partial charge on any atom is -0.462 e. The van der Waals surface area contributed by atoms with Gasteiger partial charge in [0.2, 0.25) is 17.6 Å². The highest BCUT2D eigenvalue weighted by Gasteiger charge is 2.26. The Morgan fingerprint density at radius 3 is 2.74 bits per heavy atom. The van der Waals surface area contributed by atoms with Gasteiger partial charge in [-0.2, -0.15) is 4.98 Å². The smallest absolute Gasteiger partial charge is 0.338 e. The number of likely N-dealkylation sites (tertiary alicyclic amines) is 1. The van der Waals surface area contributed by atoms with Crippen molar-refractivity contribution in [2.45, 2.75) is 26.3 Å². The fourth-order valence-corrected chi connectivity index (χ4v) is 4.43. The van der Waals surface area contributed by atoms with Crippen molar-refractivity contribution in [1.29, 1.82) is 0 Å². The van der Waals surface area contributed by atoms with Gasteiger partial charge in [0.05, 0.1) is 29.4 Å². The third-order valence-electron chi connectivity index (χ3n) is 5.61. The van der Waals surface area contributed by atoms with Crippen LogP contribution < -0.4 is 5.32 Å². The number of nitrogens with zero attached hydrogens (tertiary/aromatic N) is 3. The highest BCUT2D eigenvalue weighted by molar-refractivity contribution is 9.10. The summed E-state index contributed by atoms with van der Waals surface area (Å²) in [5.74, 6) is 0.444. The normalized spacial score (nSPS) is 14.7. The SMILES string of the molecule is CCOC(=O)c1ccc(NC(=O)C2CCN(Cc3nc(-c4cccc(Br)c4)no3)CC2)c(Cl)c1. The Labute approximate surface area is 210 Å². The molecule has 0 atom stereocenters. The highest BCUT2D eigenvalue weighted by Crippen LogP contribution is 2.27. The minimum absolute atomic E-state index is 0.0832. The maximum Gasteiger partial charge on any atom is 0.338 e. The molecule has 34 heavy (non-hydrogen) atoms. The van der Waals surface area contributed by atoms with Gasteiger partial charge in [-0.05, 0) is 63.2 Å². The van der Waals surface area contributed by atoms with Crippen LogP contribution in [-0.2, 0) is 16.1 Å². The van der Waals surface area contributed by atoms with E-state index >= 15 is 0 Å². The number of amides is 1. The first kappa shape index (κ1) is 24.4. The van der Waals surface area contributed by atoms with E-state index in [2.05, 4.69) is 36.3 Å². The molecule has 4 rings (SSSR count). The molecule has 1 saturated heterocycles. The zero-order chi connectivity index (χ0) is 24.1. The lowest BCUT2D eigenvalue weighted by molar-refractivity contribution is -0.121. The molecule has 10 heteroatoms. The van der Waals surface area contributed by atoms with Crippen molar-refractivity contribution >= 4 is 45.1 Å². The first-order valence-electron chi connectivity index (χ1n) is 11.0. The molecule has 0 unspecified atom stereocenters. The van der Waals surface area contributed by atoms with Gasteiger partial charge in [0.1, 0.15) is 0 Å². The number of nitrogens with one attached hydrogen (secondary N) is 1. The quantitative estimate of drug-likeness (QED) is 0.407. The van der Waals surface area contributed by atoms with Crippen LogP contribution in [0.4, 0.5) is 5.69 Å². The van der Waals surface area contributed by atoms with Crippen LogP contribution >= 0.6 is 27.5 Å². The van der Waals surface area contributed by atoms with Gasteiger partial charge >= 0.3 is 5.97 Å². The zero-order valence-electron chi connectivity index (χ0n) is 18.6. The van der Waals surface area contributed by atoms with Crippen LogP contribution in [0.3, 0.4) is 0 Å². The predicted octanol–water partition coefficient (Wildman–Crippen LogP) is 5.18. The van der Waals surface area contributed by atoms with Gasteiger partial charge in [0.15, 0.2) is 0 Å². The number of hydrogen-bond donors (Lipinski definition) is 1. The summed E-state index contributed by atoms with van der Waals surface area (Å²) in [5.41, 5.74) is 1.71. The first-order valence-corrected chi connectivity index (χ1v) is 12.2. The molecule has 0 saturated carbocycles. The predicted molar refractivity (Wildman–Crippen MR) is 131 cm³/mol. The molecule has 0 bridgehead atoms. The van der Waals surface area contributed by atoms with Gasteiger partial charge in [-0.1, -0.05) is 44.8 Å². The number of hydrogen-bond acceptors (Lipinski definition) is 7. The largest absolute Gasteiger partial charge is 0.462 e. The van der Waals surface area contributed by atoms with Gasteiger partial charge in [-0.25, -0.2) is 4.79 Å². The molecule has 1 aliphatic rings. The molecule has 1 N–H and O–H groups in total. The molecule has 0 radical (unpaired) electrons. The number of aromatic nitrogens is 2. The molecule has 1 aliphatic heterocycles. The number of esters is 1. The Morgan fingerprint density at radius 2 is 2.03 bits per heavy atom. The highest BCUT2D eigenvalue weighted by atomic mass is 79.9. The monoisotopic (exact) mass is 546 g/mol. The fraction of sp³-hybridized carbons (Fsp3) is 0.333. The van der Waals surface area contributed by atoms with E-state index in [0.29, 0.717) is 47.4 Å². The van der Waals surface area contributed by atoms with Crippen LogP contribution in [0.25, 0.3) is 11.4 Å². The molecule has 2 aromatic carbocycles. The molecule has 1 amide bonds. The van der Waals surface area contributed by atoms with E-state index in [1.807, 2.05) is 24.3 Å². The summed E-state index contributed by atoms with van der Waals surface area (Å²) in [6.45, 7) is 4.04. The maximum atomic E-state index is 12.8. The second-order valence-corrected chi connectivity index (χ2v) is 9.30. The Hall–Kier alpha value is -2.75. The van der Waals surface area contributed by atoms with Crippen molar-refractivity contribution in [3.8, 4) is 11.4 Å². The fourth-order valence-electron chi connectivity index (χ4n) is 3.80. The lowest BCUT2D eigenvalue weighted by atomic mass is 9.96. The number of carbonyl (C=O) groups is 2. The summed E-state index contributed by atoms with van der Waals surface area (Å²) < 4.78 is 11.4. The van der Waals surface area contributed by atoms with Crippen molar-refractivity contribution in [1.82, 2.24) is 15.0 Å². The Balaban J connectivity index is 1.28. The van der Waals surface area contributed by atoms with E-state index in [1.54, 1.807) is 19.1 Å². The summed E-state index contributed by atoms with van der Waals surface area (Å²) in [5, 5.41) is 7.26. The number of ether oxygens (including phenoxy) is 1. The van der Waals surface area contributed by atoms with E-state index in [0.717, 1.165) is 23.1 Å². The number of anilines is 1. The van der Waals surface area contributed by atoms with Gasteiger partial charge in [0, 0.05) is 16.0 Å². The first-order chi connectivity index (χ1) is 16.4. The Bertz CT molecular complexity index is 1180. The van der Waals surface area contributed by atoms with Gasteiger partial charge in [-0.3, -0.25) is 9.69 Å². The lowest BCUT2D eigenvalue weighted by Crippen LogP contribution is -2.37. The average Bonchev–Trinajstić information content (AvgIpc) is 3.29. The molecule has 8 nitrogen and oxygen atoms in total. The Kier molecular flexibility index (Phi) is 7.97. The summed E-state index contributed by atoms with van der Waals surface area (Å²) in [6, 6.07) is 12.5. The van der Waals surface area contributed by atoms with Crippen molar-refractivity contribution in [3.05, 3.63) is 63.4 Å². The summed E-state index contributed by atoms with van der Waals surface area (Å²) in [4.78, 5) is 31.3. The summed E-state index contributed by atoms with van der Waals surface area (Å²) in [6.07, 6.45) is 1.41. The van der Waals surface area contributed by atoms with E-state index in [-0.39, 0.29) is 18.4 Å². The molecular weight excluding hydrogens is 524 g/mol. The number of rotatable bonds is 7. The second-order valence-electron chi connectivity index (χ2n) is 7.98. The van der Waals surface area contributed by atoms with Crippen molar-refractivity contribution in [2.24, 2.45) is 5.92 Å². The van der Waals surface area contributed by atoms with Gasteiger partial charge < -0.3 is 14.6 Å². The van der Waals surface area contributed by atoms with Gasteiger partial charge in [-0.15, -0.1) is 0 Å². The maximum absolute atomic E-state index is 12.8. The van der Waals surface area contributed by atoms with E-state index in [9.17, 15) is 9.59 Å². The third-order valence-corrected chi connectivity index (χ3v) is 6.41. The zero-order valence-corrected chi connectivity index (χ0v) is 20.9. The van der Waals surface area contributed by atoms with Crippen LogP contribution in [0, 0.1) is 5.92 Å². The molecule has 178 valence electrons. The number of piperidine rings is 1. The number of carbonyl (C=O) groups excluding carboxylic acids is 2. The van der Waals surface area contributed by atoms with E-state index in [1.165, 1.54) is 6.07 Å². The molecular formula is C24H24BrClN4O4. The lowest BCUT2D eigenvalue weighted by Gasteiger charge is -2.30. The van der Waals surface area contributed by atoms with Crippen LogP contribution in [0.5, 0.6) is 0 Å². The topological polar surface area (TPSA) is 97.6 Å².